The van der Waals surface area contributed by atoms with Gasteiger partial charge in [-0.2, -0.15) is 0 Å². The average Bonchev–Trinajstić information content (AvgIpc) is 2.43. The van der Waals surface area contributed by atoms with Gasteiger partial charge in [0.25, 0.3) is 0 Å². The molecule has 0 aliphatic rings. The second kappa shape index (κ2) is 5.78. The molecule has 2 rings (SSSR count). The molecule has 1 aromatic carbocycles. The maximum atomic E-state index is 13.8. The fourth-order valence-electron chi connectivity index (χ4n) is 1.77. The molecule has 0 saturated carbocycles. The lowest BCUT2D eigenvalue weighted by Gasteiger charge is -2.13. The number of hydrogen-bond acceptors (Lipinski definition) is 5. The van der Waals surface area contributed by atoms with Crippen molar-refractivity contribution < 1.29 is 13.9 Å². The highest BCUT2D eigenvalue weighted by molar-refractivity contribution is 6.40. The summed E-state index contributed by atoms with van der Waals surface area (Å²) in [7, 11) is 0. The van der Waals surface area contributed by atoms with E-state index in [4.69, 9.17) is 33.8 Å². The number of nitrogens with one attached hydrogen (secondary N) is 1. The Morgan fingerprint density at radius 2 is 2.25 bits per heavy atom. The minimum atomic E-state index is -0.805. The molecule has 0 bridgehead atoms. The van der Waals surface area contributed by atoms with Crippen LogP contribution in [0.3, 0.4) is 0 Å². The molecule has 3 N–H and O–H groups in total. The lowest BCUT2D eigenvalue weighted by Crippen LogP contribution is -2.15. The fourth-order valence-corrected chi connectivity index (χ4v) is 2.31. The number of hydrazine groups is 1. The van der Waals surface area contributed by atoms with Crippen molar-refractivity contribution in [2.24, 2.45) is 5.84 Å². The van der Waals surface area contributed by atoms with Gasteiger partial charge in [0.2, 0.25) is 0 Å². The molecule has 0 spiro atoms. The van der Waals surface area contributed by atoms with Crippen molar-refractivity contribution in [1.29, 1.82) is 0 Å². The van der Waals surface area contributed by atoms with Crippen molar-refractivity contribution in [2.45, 2.75) is 6.92 Å². The van der Waals surface area contributed by atoms with Crippen LogP contribution in [0.1, 0.15) is 17.3 Å². The summed E-state index contributed by atoms with van der Waals surface area (Å²) in [6, 6.07) is 1.30. The normalized spacial score (nSPS) is 10.7. The van der Waals surface area contributed by atoms with Crippen LogP contribution in [0.5, 0.6) is 0 Å². The number of pyridine rings is 1. The van der Waals surface area contributed by atoms with Gasteiger partial charge < -0.3 is 10.2 Å². The molecule has 8 heteroatoms. The first-order chi connectivity index (χ1) is 9.51. The molecular weight excluding hydrogens is 308 g/mol. The Morgan fingerprint density at radius 1 is 1.55 bits per heavy atom. The van der Waals surface area contributed by atoms with Crippen LogP contribution in [0.2, 0.25) is 10.0 Å². The number of hydrogen-bond donors (Lipinski definition) is 2. The van der Waals surface area contributed by atoms with E-state index in [-0.39, 0.29) is 33.3 Å². The molecule has 0 aliphatic carbocycles. The predicted octanol–water partition coefficient (Wildman–Crippen LogP) is 3.14. The summed E-state index contributed by atoms with van der Waals surface area (Å²) in [5.74, 6) is 3.96. The molecule has 2 aromatic rings. The summed E-state index contributed by atoms with van der Waals surface area (Å²) in [5, 5.41) is -0.262. The van der Waals surface area contributed by atoms with Gasteiger partial charge in [-0.25, -0.2) is 9.18 Å². The summed E-state index contributed by atoms with van der Waals surface area (Å²) in [6.45, 7) is 1.85. The summed E-state index contributed by atoms with van der Waals surface area (Å²) >= 11 is 11.6. The van der Waals surface area contributed by atoms with Crippen LogP contribution in [0, 0.1) is 5.82 Å². The number of aromatic nitrogens is 1. The van der Waals surface area contributed by atoms with Crippen LogP contribution >= 0.6 is 23.2 Å². The van der Waals surface area contributed by atoms with Crippen molar-refractivity contribution >= 4 is 45.8 Å². The molecule has 1 heterocycles. The molecule has 0 saturated heterocycles. The smallest absolute Gasteiger partial charge is 0.341 e. The minimum absolute atomic E-state index is 0.0606. The monoisotopic (exact) mass is 317 g/mol. The van der Waals surface area contributed by atoms with Crippen molar-refractivity contribution in [3.8, 4) is 0 Å². The van der Waals surface area contributed by atoms with E-state index in [1.165, 1.54) is 12.3 Å². The molecular formula is C12H10Cl2FN3O2. The predicted molar refractivity (Wildman–Crippen MR) is 75.5 cm³/mol. The van der Waals surface area contributed by atoms with E-state index in [9.17, 15) is 9.18 Å². The molecule has 0 atom stereocenters. The van der Waals surface area contributed by atoms with Gasteiger partial charge in [-0.1, -0.05) is 23.2 Å². The first-order valence-corrected chi connectivity index (χ1v) is 6.36. The average molecular weight is 318 g/mol. The number of carbonyl (C=O) groups is 1. The fraction of sp³-hybridized carbons (Fsp3) is 0.167. The maximum absolute atomic E-state index is 13.8. The number of nitrogens with two attached hydrogens (primary N) is 1. The quantitative estimate of drug-likeness (QED) is 0.393. The number of nitrogen functional groups attached to an aromatic ring is 1. The number of esters is 1. The third kappa shape index (κ3) is 2.37. The van der Waals surface area contributed by atoms with E-state index in [2.05, 4.69) is 10.4 Å². The highest BCUT2D eigenvalue weighted by Gasteiger charge is 2.20. The highest BCUT2D eigenvalue weighted by Crippen LogP contribution is 2.36. The van der Waals surface area contributed by atoms with Gasteiger partial charge in [0.05, 0.1) is 27.9 Å². The van der Waals surface area contributed by atoms with Gasteiger partial charge >= 0.3 is 5.97 Å². The summed E-state index contributed by atoms with van der Waals surface area (Å²) in [5.41, 5.74) is 2.83. The number of fused-ring (bicyclic) bond motifs is 1. The molecule has 0 fully saturated rings. The Bertz CT molecular complexity index is 694. The van der Waals surface area contributed by atoms with Crippen molar-refractivity contribution in [1.82, 2.24) is 4.98 Å². The van der Waals surface area contributed by atoms with E-state index in [0.29, 0.717) is 5.52 Å². The van der Waals surface area contributed by atoms with Crippen LogP contribution < -0.4 is 11.3 Å². The molecule has 0 aliphatic heterocycles. The Kier molecular flexibility index (Phi) is 4.27. The molecule has 0 radical (unpaired) electrons. The number of rotatable bonds is 3. The van der Waals surface area contributed by atoms with E-state index in [1.54, 1.807) is 6.92 Å². The van der Waals surface area contributed by atoms with Crippen LogP contribution in [-0.2, 0) is 4.74 Å². The molecule has 5 nitrogen and oxygen atoms in total. The van der Waals surface area contributed by atoms with Gasteiger partial charge in [-0.3, -0.25) is 10.8 Å². The molecule has 106 valence electrons. The number of nitrogens with zero attached hydrogens (tertiary/aromatic N) is 1. The van der Waals surface area contributed by atoms with Crippen LogP contribution in [0.4, 0.5) is 10.1 Å². The van der Waals surface area contributed by atoms with Crippen LogP contribution in [0.15, 0.2) is 12.3 Å². The van der Waals surface area contributed by atoms with Gasteiger partial charge in [0.1, 0.15) is 5.56 Å². The maximum Gasteiger partial charge on any atom is 0.341 e. The Labute approximate surface area is 123 Å². The number of ether oxygens (including phenoxy) is 1. The van der Waals surface area contributed by atoms with Crippen molar-refractivity contribution in [3.05, 3.63) is 33.7 Å². The zero-order valence-electron chi connectivity index (χ0n) is 10.3. The Hall–Kier alpha value is -1.63. The Balaban J connectivity index is 2.79. The van der Waals surface area contributed by atoms with Gasteiger partial charge in [-0.05, 0) is 13.0 Å². The molecule has 1 aromatic heterocycles. The van der Waals surface area contributed by atoms with E-state index in [1.807, 2.05) is 0 Å². The van der Waals surface area contributed by atoms with E-state index >= 15 is 0 Å². The summed E-state index contributed by atoms with van der Waals surface area (Å²) in [6.07, 6.45) is 1.26. The van der Waals surface area contributed by atoms with Gasteiger partial charge in [0.15, 0.2) is 5.82 Å². The summed E-state index contributed by atoms with van der Waals surface area (Å²) < 4.78 is 18.7. The lowest BCUT2D eigenvalue weighted by molar-refractivity contribution is 0.0527. The third-order valence-electron chi connectivity index (χ3n) is 2.63. The second-order valence-corrected chi connectivity index (χ2v) is 4.58. The topological polar surface area (TPSA) is 77.2 Å². The molecule has 0 amide bonds. The van der Waals surface area contributed by atoms with Crippen molar-refractivity contribution in [3.63, 3.8) is 0 Å². The van der Waals surface area contributed by atoms with Gasteiger partial charge in [0, 0.05) is 11.6 Å². The minimum Gasteiger partial charge on any atom is -0.462 e. The number of halogens is 3. The SMILES string of the molecule is CCOC(=O)c1cnc2cc(Cl)c(F)c(Cl)c2c1NN. The largest absolute Gasteiger partial charge is 0.462 e. The third-order valence-corrected chi connectivity index (χ3v) is 3.26. The van der Waals surface area contributed by atoms with Gasteiger partial charge in [-0.15, -0.1) is 0 Å². The first-order valence-electron chi connectivity index (χ1n) is 5.61. The van der Waals surface area contributed by atoms with E-state index in [0.717, 1.165) is 0 Å². The van der Waals surface area contributed by atoms with Crippen LogP contribution in [0.25, 0.3) is 10.9 Å². The Morgan fingerprint density at radius 3 is 2.85 bits per heavy atom. The number of benzene rings is 1. The zero-order chi connectivity index (χ0) is 14.9. The first kappa shape index (κ1) is 14.8. The standard InChI is InChI=1S/C12H10Cl2FN3O2/c1-2-20-12(19)5-4-17-7-3-6(13)10(15)9(14)8(7)11(5)18-16/h3-4H,2,16H2,1H3,(H,17,18). The highest BCUT2D eigenvalue weighted by atomic mass is 35.5. The lowest BCUT2D eigenvalue weighted by atomic mass is 10.1. The number of carbonyl (C=O) groups excluding carboxylic acids is 1. The zero-order valence-corrected chi connectivity index (χ0v) is 11.8. The second-order valence-electron chi connectivity index (χ2n) is 3.79. The number of anilines is 1. The van der Waals surface area contributed by atoms with Crippen LogP contribution in [-0.4, -0.2) is 17.6 Å². The summed E-state index contributed by atoms with van der Waals surface area (Å²) in [4.78, 5) is 15.8. The van der Waals surface area contributed by atoms with Crippen molar-refractivity contribution in [2.75, 3.05) is 12.0 Å². The molecule has 0 unspecified atom stereocenters. The van der Waals surface area contributed by atoms with E-state index < -0.39 is 11.8 Å². The molecule has 20 heavy (non-hydrogen) atoms.